The molecule has 0 aliphatic rings. The molecule has 0 saturated carbocycles. The van der Waals surface area contributed by atoms with Crippen LogP contribution in [0.1, 0.15) is 12.5 Å². The standard InChI is InChI=1S/C14H19NO5S2.Na/c1-11(16)21-10-13(9-12-5-3-2-4-6-12)14(17)15-7-8-22(18,19)20;/h2-6,13H,7-10H2,1H3,(H,15,17)(H,18,19,20);/q;+1/p-1. The molecular weight excluding hydrogens is 349 g/mol. The molecule has 0 radical (unpaired) electrons. The van der Waals surface area contributed by atoms with Gasteiger partial charge in [-0.1, -0.05) is 42.1 Å². The first kappa shape index (κ1) is 22.6. The number of hydrogen-bond acceptors (Lipinski definition) is 6. The molecule has 0 aliphatic heterocycles. The fourth-order valence-electron chi connectivity index (χ4n) is 1.73. The van der Waals surface area contributed by atoms with E-state index in [2.05, 4.69) is 4.99 Å². The Labute approximate surface area is 162 Å². The minimum atomic E-state index is -4.14. The van der Waals surface area contributed by atoms with Gasteiger partial charge in [0, 0.05) is 18.6 Å². The number of nitrogens with zero attached hydrogens (tertiary/aromatic N) is 1. The van der Waals surface area contributed by atoms with Gasteiger partial charge in [-0.15, -0.1) is 0 Å². The van der Waals surface area contributed by atoms with E-state index in [9.17, 15) is 18.3 Å². The van der Waals surface area contributed by atoms with Crippen molar-refractivity contribution in [3.8, 4) is 0 Å². The molecule has 1 atom stereocenters. The molecule has 122 valence electrons. The summed E-state index contributed by atoms with van der Waals surface area (Å²) in [6, 6.07) is 9.31. The number of thioether (sulfide) groups is 1. The predicted molar refractivity (Wildman–Crippen MR) is 85.5 cm³/mol. The quantitative estimate of drug-likeness (QED) is 0.241. The molecule has 1 aromatic rings. The van der Waals surface area contributed by atoms with E-state index in [4.69, 9.17) is 4.55 Å². The van der Waals surface area contributed by atoms with Crippen LogP contribution in [0.4, 0.5) is 0 Å². The van der Waals surface area contributed by atoms with Gasteiger partial charge in [-0.25, -0.2) is 0 Å². The average Bonchev–Trinajstić information content (AvgIpc) is 2.42. The van der Waals surface area contributed by atoms with Crippen molar-refractivity contribution in [3.05, 3.63) is 35.9 Å². The normalized spacial score (nSPS) is 13.2. The van der Waals surface area contributed by atoms with Gasteiger partial charge < -0.3 is 10.1 Å². The minimum absolute atomic E-state index is 0. The summed E-state index contributed by atoms with van der Waals surface area (Å²) < 4.78 is 29.9. The maximum Gasteiger partial charge on any atom is 1.00 e. The van der Waals surface area contributed by atoms with Crippen LogP contribution < -0.4 is 34.7 Å². The van der Waals surface area contributed by atoms with E-state index in [-0.39, 0.29) is 41.2 Å². The van der Waals surface area contributed by atoms with Crippen molar-refractivity contribution in [1.29, 1.82) is 0 Å². The van der Waals surface area contributed by atoms with E-state index in [1.54, 1.807) is 0 Å². The first-order valence-corrected chi connectivity index (χ1v) is 9.21. The molecule has 1 rings (SSSR count). The molecule has 23 heavy (non-hydrogen) atoms. The van der Waals surface area contributed by atoms with Crippen LogP contribution in [0.15, 0.2) is 35.3 Å². The third kappa shape index (κ3) is 10.9. The Balaban J connectivity index is 0.00000484. The van der Waals surface area contributed by atoms with Crippen LogP contribution >= 0.6 is 11.8 Å². The SMILES string of the molecule is CC(=O)SCC(Cc1ccccc1)C([O-])=NCCS(=O)(=O)O.[Na+]. The fourth-order valence-corrected chi connectivity index (χ4v) is 2.75. The van der Waals surface area contributed by atoms with Gasteiger partial charge in [0.25, 0.3) is 10.1 Å². The molecule has 1 N–H and O–H groups in total. The van der Waals surface area contributed by atoms with Gasteiger partial charge in [-0.05, 0) is 17.9 Å². The molecule has 0 fully saturated rings. The monoisotopic (exact) mass is 367 g/mol. The van der Waals surface area contributed by atoms with E-state index in [1.165, 1.54) is 6.92 Å². The Bertz CT molecular complexity index is 619. The Morgan fingerprint density at radius 3 is 2.48 bits per heavy atom. The van der Waals surface area contributed by atoms with Gasteiger partial charge in [0.2, 0.25) is 0 Å². The second kappa shape index (κ2) is 11.2. The van der Waals surface area contributed by atoms with Gasteiger partial charge in [-0.3, -0.25) is 9.35 Å². The van der Waals surface area contributed by atoms with E-state index in [1.807, 2.05) is 30.3 Å². The van der Waals surface area contributed by atoms with Gasteiger partial charge in [0.15, 0.2) is 5.12 Å². The molecule has 0 aliphatic carbocycles. The van der Waals surface area contributed by atoms with Gasteiger partial charge >= 0.3 is 29.6 Å². The number of aliphatic imine (C=N–C) groups is 1. The zero-order chi connectivity index (χ0) is 16.6. The third-order valence-electron chi connectivity index (χ3n) is 2.78. The smallest absolute Gasteiger partial charge is 0.862 e. The first-order chi connectivity index (χ1) is 10.3. The Morgan fingerprint density at radius 2 is 1.96 bits per heavy atom. The van der Waals surface area contributed by atoms with Crippen molar-refractivity contribution < 1.29 is 52.4 Å². The molecule has 0 bridgehead atoms. The Kier molecular flexibility index (Phi) is 11.0. The summed E-state index contributed by atoms with van der Waals surface area (Å²) in [6.45, 7) is 1.14. The average molecular weight is 367 g/mol. The number of carbonyl (C=O) groups is 1. The van der Waals surface area contributed by atoms with E-state index in [0.717, 1.165) is 17.3 Å². The first-order valence-electron chi connectivity index (χ1n) is 6.61. The topological polar surface area (TPSA) is 107 Å². The molecule has 0 amide bonds. The van der Waals surface area contributed by atoms with Crippen LogP contribution in [0.25, 0.3) is 0 Å². The molecule has 0 aromatic heterocycles. The number of carbonyl (C=O) groups excluding carboxylic acids is 1. The van der Waals surface area contributed by atoms with Crippen LogP contribution in [0.3, 0.4) is 0 Å². The Morgan fingerprint density at radius 1 is 1.35 bits per heavy atom. The minimum Gasteiger partial charge on any atom is -0.862 e. The number of rotatable bonds is 8. The van der Waals surface area contributed by atoms with Crippen LogP contribution in [-0.2, 0) is 21.3 Å². The molecule has 0 spiro atoms. The fraction of sp³-hybridized carbons (Fsp3) is 0.429. The molecule has 1 unspecified atom stereocenters. The molecule has 0 heterocycles. The van der Waals surface area contributed by atoms with Crippen molar-refractivity contribution in [3.63, 3.8) is 0 Å². The van der Waals surface area contributed by atoms with Crippen molar-refractivity contribution in [2.45, 2.75) is 13.3 Å². The number of benzene rings is 1. The summed E-state index contributed by atoms with van der Waals surface area (Å²) in [5.41, 5.74) is 0.940. The molecule has 9 heteroatoms. The maximum atomic E-state index is 12.1. The summed E-state index contributed by atoms with van der Waals surface area (Å²) in [4.78, 5) is 14.8. The largest absolute Gasteiger partial charge is 1.00 e. The summed E-state index contributed by atoms with van der Waals surface area (Å²) in [7, 11) is -4.14. The summed E-state index contributed by atoms with van der Waals surface area (Å²) >= 11 is 1.04. The zero-order valence-electron chi connectivity index (χ0n) is 13.1. The van der Waals surface area contributed by atoms with Crippen molar-refractivity contribution >= 4 is 32.9 Å². The molecule has 6 nitrogen and oxygen atoms in total. The summed E-state index contributed by atoms with van der Waals surface area (Å²) in [5, 5.41) is 12.0. The summed E-state index contributed by atoms with van der Waals surface area (Å²) in [5.74, 6) is -1.26. The Hall–Kier alpha value is -0.380. The van der Waals surface area contributed by atoms with Crippen LogP contribution in [0.5, 0.6) is 0 Å². The zero-order valence-corrected chi connectivity index (χ0v) is 16.8. The van der Waals surface area contributed by atoms with Crippen molar-refractivity contribution in [2.24, 2.45) is 10.9 Å². The van der Waals surface area contributed by atoms with Crippen molar-refractivity contribution in [2.75, 3.05) is 18.1 Å². The molecule has 1 aromatic carbocycles. The number of hydrogen-bond donors (Lipinski definition) is 1. The van der Waals surface area contributed by atoms with Gasteiger partial charge in [-0.2, -0.15) is 8.42 Å². The summed E-state index contributed by atoms with van der Waals surface area (Å²) in [6.07, 6.45) is 0.426. The van der Waals surface area contributed by atoms with Gasteiger partial charge in [0.05, 0.1) is 12.3 Å². The van der Waals surface area contributed by atoms with E-state index >= 15 is 0 Å². The van der Waals surface area contributed by atoms with E-state index < -0.39 is 27.7 Å². The predicted octanol–water partition coefficient (Wildman–Crippen LogP) is -2.22. The molecular formula is C14H18NNaO5S2. The van der Waals surface area contributed by atoms with Gasteiger partial charge in [0.1, 0.15) is 0 Å². The van der Waals surface area contributed by atoms with Crippen molar-refractivity contribution in [1.82, 2.24) is 0 Å². The van der Waals surface area contributed by atoms with Crippen LogP contribution in [0.2, 0.25) is 0 Å². The molecule has 0 saturated heterocycles. The van der Waals surface area contributed by atoms with Crippen LogP contribution in [-0.4, -0.2) is 42.0 Å². The third-order valence-corrected chi connectivity index (χ3v) is 4.45. The van der Waals surface area contributed by atoms with Crippen LogP contribution in [0, 0.1) is 5.92 Å². The second-order valence-corrected chi connectivity index (χ2v) is 7.46. The maximum absolute atomic E-state index is 12.1. The second-order valence-electron chi connectivity index (χ2n) is 4.70. The van der Waals surface area contributed by atoms with E-state index in [0.29, 0.717) is 12.2 Å².